The molecule has 2 aromatic heterocycles. The van der Waals surface area contributed by atoms with Gasteiger partial charge < -0.3 is 14.2 Å². The molecule has 2 aliphatic heterocycles. The van der Waals surface area contributed by atoms with Crippen molar-refractivity contribution < 1.29 is 27.2 Å². The predicted octanol–water partition coefficient (Wildman–Crippen LogP) is 4.15. The molecule has 5 rings (SSSR count). The van der Waals surface area contributed by atoms with Crippen LogP contribution < -0.4 is 0 Å². The number of benzene rings is 1. The number of pyridine rings is 1. The van der Waals surface area contributed by atoms with Crippen LogP contribution in [0.15, 0.2) is 34.9 Å². The number of ether oxygens (including phenoxy) is 1. The number of nitrogens with zero attached hydrogens (tertiary/aromatic N) is 4. The highest BCUT2D eigenvalue weighted by molar-refractivity contribution is 6.07. The molecule has 2 aliphatic rings. The second-order valence-corrected chi connectivity index (χ2v) is 8.77. The first kappa shape index (κ1) is 22.8. The molecular formula is C24H25F3N4O3. The SMILES string of the molecule is Cc1noc2nc(-c3ccccc3C(F)(F)F)cc(C(=O)N3CCN(CC4CCCO4)CC3)c12. The van der Waals surface area contributed by atoms with Gasteiger partial charge in [-0.3, -0.25) is 9.69 Å². The summed E-state index contributed by atoms with van der Waals surface area (Å²) in [5.41, 5.74) is -0.133. The minimum absolute atomic E-state index is 0.0249. The Balaban J connectivity index is 1.45. The van der Waals surface area contributed by atoms with E-state index in [0.29, 0.717) is 37.3 Å². The van der Waals surface area contributed by atoms with Crippen molar-refractivity contribution in [3.63, 3.8) is 0 Å². The second-order valence-electron chi connectivity index (χ2n) is 8.77. The number of carbonyl (C=O) groups excluding carboxylic acids is 1. The quantitative estimate of drug-likeness (QED) is 0.566. The number of carbonyl (C=O) groups is 1. The zero-order valence-electron chi connectivity index (χ0n) is 18.8. The molecule has 0 spiro atoms. The Kier molecular flexibility index (Phi) is 6.03. The Hall–Kier alpha value is -2.98. The van der Waals surface area contributed by atoms with Gasteiger partial charge in [0.1, 0.15) is 0 Å². The molecule has 0 saturated carbocycles. The number of hydrogen-bond acceptors (Lipinski definition) is 6. The monoisotopic (exact) mass is 474 g/mol. The maximum atomic E-state index is 13.6. The lowest BCUT2D eigenvalue weighted by Gasteiger charge is -2.35. The molecule has 1 aromatic carbocycles. The van der Waals surface area contributed by atoms with E-state index in [2.05, 4.69) is 15.0 Å². The van der Waals surface area contributed by atoms with Crippen LogP contribution in [-0.4, -0.2) is 71.3 Å². The number of amides is 1. The summed E-state index contributed by atoms with van der Waals surface area (Å²) < 4.78 is 51.9. The lowest BCUT2D eigenvalue weighted by molar-refractivity contribution is -0.137. The molecule has 1 unspecified atom stereocenters. The van der Waals surface area contributed by atoms with Gasteiger partial charge in [0, 0.05) is 44.9 Å². The highest BCUT2D eigenvalue weighted by Crippen LogP contribution is 2.37. The van der Waals surface area contributed by atoms with Crippen molar-refractivity contribution in [2.45, 2.75) is 32.0 Å². The van der Waals surface area contributed by atoms with Crippen LogP contribution in [0, 0.1) is 6.92 Å². The van der Waals surface area contributed by atoms with Gasteiger partial charge in [0.15, 0.2) is 0 Å². The van der Waals surface area contributed by atoms with Gasteiger partial charge >= 0.3 is 6.18 Å². The number of fused-ring (bicyclic) bond motifs is 1. The fourth-order valence-electron chi connectivity index (χ4n) is 4.74. The van der Waals surface area contributed by atoms with Gasteiger partial charge in [0.2, 0.25) is 0 Å². The summed E-state index contributed by atoms with van der Waals surface area (Å²) in [7, 11) is 0. The van der Waals surface area contributed by atoms with Gasteiger partial charge in [0.25, 0.3) is 11.6 Å². The summed E-state index contributed by atoms with van der Waals surface area (Å²) in [5, 5.41) is 4.34. The molecule has 4 heterocycles. The van der Waals surface area contributed by atoms with Crippen LogP contribution in [-0.2, 0) is 10.9 Å². The fourth-order valence-corrected chi connectivity index (χ4v) is 4.74. The van der Waals surface area contributed by atoms with Gasteiger partial charge in [-0.25, -0.2) is 4.98 Å². The Morgan fingerprint density at radius 3 is 2.65 bits per heavy atom. The summed E-state index contributed by atoms with van der Waals surface area (Å²) in [6.07, 6.45) is -2.17. The van der Waals surface area contributed by atoms with E-state index in [1.54, 1.807) is 11.8 Å². The predicted molar refractivity (Wildman–Crippen MR) is 118 cm³/mol. The number of alkyl halides is 3. The van der Waals surface area contributed by atoms with Gasteiger partial charge in [-0.2, -0.15) is 13.2 Å². The maximum absolute atomic E-state index is 13.6. The largest absolute Gasteiger partial charge is 0.417 e. The van der Waals surface area contributed by atoms with E-state index < -0.39 is 11.7 Å². The lowest BCUT2D eigenvalue weighted by Crippen LogP contribution is -2.50. The Labute approximate surface area is 194 Å². The van der Waals surface area contributed by atoms with Crippen molar-refractivity contribution >= 4 is 17.0 Å². The van der Waals surface area contributed by atoms with Crippen LogP contribution >= 0.6 is 0 Å². The second kappa shape index (κ2) is 8.99. The first-order valence-electron chi connectivity index (χ1n) is 11.4. The molecule has 10 heteroatoms. The molecule has 0 aliphatic carbocycles. The van der Waals surface area contributed by atoms with Crippen LogP contribution in [0.4, 0.5) is 13.2 Å². The Morgan fingerprint density at radius 2 is 1.94 bits per heavy atom. The normalized spacial score (nSPS) is 19.8. The molecule has 180 valence electrons. The van der Waals surface area contributed by atoms with Gasteiger partial charge in [-0.15, -0.1) is 0 Å². The van der Waals surface area contributed by atoms with E-state index in [9.17, 15) is 18.0 Å². The van der Waals surface area contributed by atoms with Gasteiger partial charge in [-0.05, 0) is 31.9 Å². The van der Waals surface area contributed by atoms with Crippen molar-refractivity contribution in [1.29, 1.82) is 0 Å². The van der Waals surface area contributed by atoms with Crippen LogP contribution in [0.3, 0.4) is 0 Å². The summed E-state index contributed by atoms with van der Waals surface area (Å²) in [6.45, 7) is 5.82. The first-order valence-corrected chi connectivity index (χ1v) is 11.4. The topological polar surface area (TPSA) is 71.7 Å². The van der Waals surface area contributed by atoms with E-state index in [1.165, 1.54) is 24.3 Å². The highest BCUT2D eigenvalue weighted by Gasteiger charge is 2.35. The molecule has 3 aromatic rings. The van der Waals surface area contributed by atoms with Crippen LogP contribution in [0.25, 0.3) is 22.4 Å². The highest BCUT2D eigenvalue weighted by atomic mass is 19.4. The number of piperazine rings is 1. The third kappa shape index (κ3) is 4.39. The number of rotatable bonds is 4. The lowest BCUT2D eigenvalue weighted by atomic mass is 10.00. The summed E-state index contributed by atoms with van der Waals surface area (Å²) >= 11 is 0. The van der Waals surface area contributed by atoms with E-state index in [0.717, 1.165) is 32.1 Å². The van der Waals surface area contributed by atoms with Crippen LogP contribution in [0.5, 0.6) is 0 Å². The van der Waals surface area contributed by atoms with E-state index in [1.807, 2.05) is 0 Å². The third-order valence-corrected chi connectivity index (χ3v) is 6.50. The number of aryl methyl sites for hydroxylation is 1. The van der Waals surface area contributed by atoms with Crippen molar-refractivity contribution in [2.75, 3.05) is 39.3 Å². The summed E-state index contributed by atoms with van der Waals surface area (Å²) in [4.78, 5) is 21.8. The molecule has 34 heavy (non-hydrogen) atoms. The smallest absolute Gasteiger partial charge is 0.377 e. The average Bonchev–Trinajstić information content (AvgIpc) is 3.48. The molecule has 0 N–H and O–H groups in total. The molecule has 2 fully saturated rings. The maximum Gasteiger partial charge on any atom is 0.417 e. The molecule has 1 amide bonds. The first-order chi connectivity index (χ1) is 16.3. The average molecular weight is 474 g/mol. The number of aromatic nitrogens is 2. The molecule has 7 nitrogen and oxygen atoms in total. The van der Waals surface area contributed by atoms with Crippen molar-refractivity contribution in [3.05, 3.63) is 47.2 Å². The molecule has 0 radical (unpaired) electrons. The Morgan fingerprint density at radius 1 is 1.18 bits per heavy atom. The zero-order valence-corrected chi connectivity index (χ0v) is 18.8. The number of halogens is 3. The van der Waals surface area contributed by atoms with E-state index in [4.69, 9.17) is 9.26 Å². The molecule has 1 atom stereocenters. The van der Waals surface area contributed by atoms with Gasteiger partial charge in [-0.1, -0.05) is 23.4 Å². The van der Waals surface area contributed by atoms with Crippen molar-refractivity contribution in [2.24, 2.45) is 0 Å². The Bertz CT molecular complexity index is 1200. The third-order valence-electron chi connectivity index (χ3n) is 6.50. The number of hydrogen-bond donors (Lipinski definition) is 0. The van der Waals surface area contributed by atoms with Crippen LogP contribution in [0.1, 0.15) is 34.5 Å². The molecule has 0 bridgehead atoms. The minimum Gasteiger partial charge on any atom is -0.377 e. The molecular weight excluding hydrogens is 449 g/mol. The fraction of sp³-hybridized carbons (Fsp3) is 0.458. The summed E-state index contributed by atoms with van der Waals surface area (Å²) in [5.74, 6) is -0.263. The zero-order chi connectivity index (χ0) is 23.9. The molecule has 2 saturated heterocycles. The minimum atomic E-state index is -4.56. The van der Waals surface area contributed by atoms with E-state index in [-0.39, 0.29) is 34.5 Å². The van der Waals surface area contributed by atoms with Crippen molar-refractivity contribution in [1.82, 2.24) is 19.9 Å². The standard InChI is InChI=1S/C24H25F3N4O3/c1-15-21-18(23(32)31-10-8-30(9-11-31)14-16-5-4-12-33-16)13-20(28-22(21)34-29-15)17-6-2-3-7-19(17)24(25,26)27/h2-3,6-7,13,16H,4-5,8-12,14H2,1H3. The van der Waals surface area contributed by atoms with Crippen molar-refractivity contribution in [3.8, 4) is 11.3 Å². The van der Waals surface area contributed by atoms with Crippen LogP contribution in [0.2, 0.25) is 0 Å². The van der Waals surface area contributed by atoms with E-state index >= 15 is 0 Å². The summed E-state index contributed by atoms with van der Waals surface area (Å²) in [6, 6.07) is 6.61. The van der Waals surface area contributed by atoms with Gasteiger partial charge in [0.05, 0.1) is 34.0 Å².